The summed E-state index contributed by atoms with van der Waals surface area (Å²) in [6, 6.07) is 15.7. The van der Waals surface area contributed by atoms with Crippen molar-refractivity contribution in [2.75, 3.05) is 11.9 Å². The number of nitrogens with one attached hydrogen (secondary N) is 1. The second-order valence-corrected chi connectivity index (χ2v) is 6.74. The molecule has 0 bridgehead atoms. The van der Waals surface area contributed by atoms with E-state index in [1.54, 1.807) is 12.1 Å². The number of piperidine rings is 1. The number of hydrogen-bond donors (Lipinski definition) is 1. The largest absolute Gasteiger partial charge is 0.381 e. The summed E-state index contributed by atoms with van der Waals surface area (Å²) in [6.45, 7) is 5.19. The molecular formula is C20H25N3O2. The number of benzene rings is 2. The molecule has 25 heavy (non-hydrogen) atoms. The van der Waals surface area contributed by atoms with Crippen LogP contribution in [0.15, 0.2) is 48.5 Å². The van der Waals surface area contributed by atoms with Gasteiger partial charge >= 0.3 is 0 Å². The zero-order valence-corrected chi connectivity index (χ0v) is 14.6. The van der Waals surface area contributed by atoms with Crippen LogP contribution in [-0.2, 0) is 13.1 Å². The Balaban J connectivity index is 1.65. The molecule has 0 radical (unpaired) electrons. The van der Waals surface area contributed by atoms with Crippen molar-refractivity contribution in [3.05, 3.63) is 69.8 Å². The van der Waals surface area contributed by atoms with Gasteiger partial charge in [0.15, 0.2) is 0 Å². The molecule has 0 aromatic heterocycles. The highest BCUT2D eigenvalue weighted by Gasteiger charge is 2.19. The molecule has 132 valence electrons. The molecule has 1 unspecified atom stereocenters. The number of anilines is 1. The molecular weight excluding hydrogens is 314 g/mol. The zero-order valence-electron chi connectivity index (χ0n) is 14.6. The Morgan fingerprint density at radius 2 is 1.84 bits per heavy atom. The summed E-state index contributed by atoms with van der Waals surface area (Å²) in [5.41, 5.74) is 3.64. The maximum absolute atomic E-state index is 10.7. The Hall–Kier alpha value is -2.40. The number of nitro benzene ring substituents is 1. The second-order valence-electron chi connectivity index (χ2n) is 6.74. The Labute approximate surface area is 148 Å². The summed E-state index contributed by atoms with van der Waals surface area (Å²) in [6.07, 6.45) is 3.90. The summed E-state index contributed by atoms with van der Waals surface area (Å²) in [5, 5.41) is 14.1. The topological polar surface area (TPSA) is 58.4 Å². The van der Waals surface area contributed by atoms with E-state index in [4.69, 9.17) is 0 Å². The summed E-state index contributed by atoms with van der Waals surface area (Å²) < 4.78 is 0. The first kappa shape index (κ1) is 17.4. The first-order valence-electron chi connectivity index (χ1n) is 8.92. The van der Waals surface area contributed by atoms with Gasteiger partial charge in [0.05, 0.1) is 4.92 Å². The van der Waals surface area contributed by atoms with Crippen LogP contribution < -0.4 is 5.32 Å². The van der Waals surface area contributed by atoms with Crippen LogP contribution in [0.1, 0.15) is 37.3 Å². The van der Waals surface area contributed by atoms with Gasteiger partial charge < -0.3 is 5.32 Å². The Bertz CT molecular complexity index is 715. The maximum Gasteiger partial charge on any atom is 0.269 e. The summed E-state index contributed by atoms with van der Waals surface area (Å²) in [5.74, 6) is 0. The fourth-order valence-corrected chi connectivity index (χ4v) is 3.39. The van der Waals surface area contributed by atoms with Gasteiger partial charge in [-0.2, -0.15) is 0 Å². The van der Waals surface area contributed by atoms with E-state index in [2.05, 4.69) is 41.4 Å². The smallest absolute Gasteiger partial charge is 0.269 e. The van der Waals surface area contributed by atoms with Crippen LogP contribution in [0.2, 0.25) is 0 Å². The van der Waals surface area contributed by atoms with Gasteiger partial charge in [0.1, 0.15) is 0 Å². The van der Waals surface area contributed by atoms with Crippen LogP contribution in [-0.4, -0.2) is 22.4 Å². The molecule has 0 amide bonds. The van der Waals surface area contributed by atoms with Crippen molar-refractivity contribution in [1.29, 1.82) is 0 Å². The van der Waals surface area contributed by atoms with E-state index in [-0.39, 0.29) is 10.6 Å². The van der Waals surface area contributed by atoms with Crippen molar-refractivity contribution in [2.24, 2.45) is 0 Å². The van der Waals surface area contributed by atoms with Gasteiger partial charge in [0.25, 0.3) is 5.69 Å². The molecule has 3 rings (SSSR count). The van der Waals surface area contributed by atoms with E-state index >= 15 is 0 Å². The van der Waals surface area contributed by atoms with Crippen LogP contribution >= 0.6 is 0 Å². The molecule has 1 N–H and O–H groups in total. The SMILES string of the molecule is CC1CCCCN1Cc1ccccc1CNc1ccc([N+](=O)[O-])cc1. The van der Waals surface area contributed by atoms with Crippen LogP contribution in [0, 0.1) is 10.1 Å². The van der Waals surface area contributed by atoms with Crippen LogP contribution in [0.4, 0.5) is 11.4 Å². The molecule has 2 aromatic rings. The fourth-order valence-electron chi connectivity index (χ4n) is 3.39. The van der Waals surface area contributed by atoms with Crippen LogP contribution in [0.5, 0.6) is 0 Å². The molecule has 0 aliphatic carbocycles. The average Bonchev–Trinajstić information content (AvgIpc) is 2.63. The third kappa shape index (κ3) is 4.57. The molecule has 5 heteroatoms. The predicted molar refractivity (Wildman–Crippen MR) is 101 cm³/mol. The lowest BCUT2D eigenvalue weighted by Crippen LogP contribution is -2.37. The van der Waals surface area contributed by atoms with Gasteiger partial charge in [0.2, 0.25) is 0 Å². The molecule has 1 atom stereocenters. The third-order valence-electron chi connectivity index (χ3n) is 4.99. The van der Waals surface area contributed by atoms with Gasteiger partial charge in [-0.15, -0.1) is 0 Å². The summed E-state index contributed by atoms with van der Waals surface area (Å²) in [4.78, 5) is 12.9. The number of hydrogen-bond acceptors (Lipinski definition) is 4. The van der Waals surface area contributed by atoms with Gasteiger partial charge in [-0.3, -0.25) is 15.0 Å². The maximum atomic E-state index is 10.7. The van der Waals surface area contributed by atoms with Crippen LogP contribution in [0.25, 0.3) is 0 Å². The van der Waals surface area contributed by atoms with E-state index in [1.807, 2.05) is 0 Å². The van der Waals surface area contributed by atoms with E-state index < -0.39 is 0 Å². The van der Waals surface area contributed by atoms with E-state index in [0.29, 0.717) is 6.04 Å². The van der Waals surface area contributed by atoms with Crippen LogP contribution in [0.3, 0.4) is 0 Å². The summed E-state index contributed by atoms with van der Waals surface area (Å²) in [7, 11) is 0. The molecule has 5 nitrogen and oxygen atoms in total. The average molecular weight is 339 g/mol. The minimum atomic E-state index is -0.376. The first-order chi connectivity index (χ1) is 12.1. The standard InChI is InChI=1S/C20H25N3O2/c1-16-6-4-5-13-22(16)15-18-8-3-2-7-17(18)14-21-19-9-11-20(12-10-19)23(24)25/h2-3,7-12,16,21H,4-6,13-15H2,1H3. The number of nitrogens with zero attached hydrogens (tertiary/aromatic N) is 2. The first-order valence-corrected chi connectivity index (χ1v) is 8.92. The molecule has 0 spiro atoms. The van der Waals surface area contributed by atoms with Crippen molar-refractivity contribution >= 4 is 11.4 Å². The molecule has 0 saturated carbocycles. The quantitative estimate of drug-likeness (QED) is 0.618. The molecule has 1 heterocycles. The van der Waals surface area contributed by atoms with E-state index in [1.165, 1.54) is 49.1 Å². The lowest BCUT2D eigenvalue weighted by atomic mass is 10.0. The fraction of sp³-hybridized carbons (Fsp3) is 0.400. The minimum absolute atomic E-state index is 0.116. The molecule has 1 saturated heterocycles. The Morgan fingerprint density at radius 3 is 2.52 bits per heavy atom. The van der Waals surface area contributed by atoms with Crippen molar-refractivity contribution < 1.29 is 4.92 Å². The molecule has 2 aromatic carbocycles. The highest BCUT2D eigenvalue weighted by molar-refractivity contribution is 5.49. The number of likely N-dealkylation sites (tertiary alicyclic amines) is 1. The number of rotatable bonds is 6. The Kier molecular flexibility index (Phi) is 5.66. The van der Waals surface area contributed by atoms with Gasteiger partial charge in [0, 0.05) is 37.0 Å². The predicted octanol–water partition coefficient (Wildman–Crippen LogP) is 4.58. The third-order valence-corrected chi connectivity index (χ3v) is 4.99. The number of nitro groups is 1. The second kappa shape index (κ2) is 8.12. The molecule has 1 aliphatic rings. The van der Waals surface area contributed by atoms with Gasteiger partial charge in [-0.25, -0.2) is 0 Å². The molecule has 1 fully saturated rings. The highest BCUT2D eigenvalue weighted by Crippen LogP contribution is 2.22. The minimum Gasteiger partial charge on any atom is -0.381 e. The van der Waals surface area contributed by atoms with Crippen molar-refractivity contribution in [3.63, 3.8) is 0 Å². The highest BCUT2D eigenvalue weighted by atomic mass is 16.6. The van der Waals surface area contributed by atoms with Gasteiger partial charge in [-0.1, -0.05) is 30.7 Å². The van der Waals surface area contributed by atoms with E-state index in [0.717, 1.165) is 18.8 Å². The van der Waals surface area contributed by atoms with E-state index in [9.17, 15) is 10.1 Å². The van der Waals surface area contributed by atoms with Crippen molar-refractivity contribution in [2.45, 2.75) is 45.3 Å². The lowest BCUT2D eigenvalue weighted by Gasteiger charge is -2.33. The zero-order chi connectivity index (χ0) is 17.6. The lowest BCUT2D eigenvalue weighted by molar-refractivity contribution is -0.384. The normalized spacial score (nSPS) is 18.0. The molecule has 1 aliphatic heterocycles. The van der Waals surface area contributed by atoms with Gasteiger partial charge in [-0.05, 0) is 49.6 Å². The van der Waals surface area contributed by atoms with Crippen molar-refractivity contribution in [3.8, 4) is 0 Å². The number of non-ortho nitro benzene ring substituents is 1. The monoisotopic (exact) mass is 339 g/mol. The summed E-state index contributed by atoms with van der Waals surface area (Å²) >= 11 is 0. The van der Waals surface area contributed by atoms with Crippen molar-refractivity contribution in [1.82, 2.24) is 4.90 Å². The Morgan fingerprint density at radius 1 is 1.12 bits per heavy atom.